The van der Waals surface area contributed by atoms with Crippen LogP contribution in [0.1, 0.15) is 34.1 Å². The lowest BCUT2D eigenvalue weighted by Crippen LogP contribution is -2.31. The first kappa shape index (κ1) is 16.6. The second kappa shape index (κ2) is 5.87. The molecule has 0 saturated heterocycles. The Balaban J connectivity index is 3.01. The molecule has 0 saturated carbocycles. The molecule has 0 spiro atoms. The lowest BCUT2D eigenvalue weighted by molar-refractivity contribution is 0.345. The predicted molar refractivity (Wildman–Crippen MR) is 88.1 cm³/mol. The van der Waals surface area contributed by atoms with E-state index in [1.54, 1.807) is 0 Å². The molecule has 0 radical (unpaired) electrons. The molecule has 0 aromatic carbocycles. The first-order valence-electron chi connectivity index (χ1n) is 7.39. The molecular weight excluding hydrogens is 268 g/mol. The van der Waals surface area contributed by atoms with Gasteiger partial charge in [0.2, 0.25) is 16.6 Å². The highest BCUT2D eigenvalue weighted by Gasteiger charge is 2.32. The standard InChI is InChI=1S/C15H30O2Si2/c1-9-18(5,6)16-14-11-12(3)13(4)15(14)17-19(7,8)10-2/h9-11H2,1-8H3. The molecule has 19 heavy (non-hydrogen) atoms. The van der Waals surface area contributed by atoms with E-state index < -0.39 is 16.6 Å². The van der Waals surface area contributed by atoms with Crippen LogP contribution >= 0.6 is 0 Å². The maximum Gasteiger partial charge on any atom is 0.245 e. The molecule has 1 aliphatic rings. The minimum absolute atomic E-state index is 0.936. The van der Waals surface area contributed by atoms with Crippen molar-refractivity contribution >= 4 is 16.6 Å². The Hall–Kier alpha value is -0.486. The van der Waals surface area contributed by atoms with Crippen LogP contribution in [0.15, 0.2) is 22.7 Å². The topological polar surface area (TPSA) is 18.5 Å². The highest BCUT2D eigenvalue weighted by Crippen LogP contribution is 2.37. The van der Waals surface area contributed by atoms with Crippen LogP contribution in [0.2, 0.25) is 38.3 Å². The van der Waals surface area contributed by atoms with E-state index in [0.29, 0.717) is 0 Å². The van der Waals surface area contributed by atoms with Crippen LogP contribution in [0.4, 0.5) is 0 Å². The summed E-state index contributed by atoms with van der Waals surface area (Å²) in [6.07, 6.45) is 0.936. The Morgan fingerprint density at radius 1 is 0.895 bits per heavy atom. The summed E-state index contributed by atoms with van der Waals surface area (Å²) in [6, 6.07) is 2.27. The molecule has 0 aliphatic heterocycles. The van der Waals surface area contributed by atoms with Gasteiger partial charge in [-0.1, -0.05) is 19.4 Å². The summed E-state index contributed by atoms with van der Waals surface area (Å²) in [6.45, 7) is 17.9. The highest BCUT2D eigenvalue weighted by molar-refractivity contribution is 6.72. The first-order chi connectivity index (χ1) is 8.62. The zero-order valence-corrected chi connectivity index (χ0v) is 15.9. The van der Waals surface area contributed by atoms with Gasteiger partial charge in [-0.15, -0.1) is 0 Å². The van der Waals surface area contributed by atoms with Crippen LogP contribution in [0.25, 0.3) is 0 Å². The van der Waals surface area contributed by atoms with Crippen molar-refractivity contribution in [1.82, 2.24) is 0 Å². The van der Waals surface area contributed by atoms with Crippen LogP contribution in [0.3, 0.4) is 0 Å². The molecule has 0 aromatic rings. The van der Waals surface area contributed by atoms with E-state index in [0.717, 1.165) is 30.0 Å². The molecule has 0 amide bonds. The van der Waals surface area contributed by atoms with Crippen molar-refractivity contribution in [3.05, 3.63) is 22.7 Å². The molecule has 0 unspecified atom stereocenters. The van der Waals surface area contributed by atoms with Gasteiger partial charge in [-0.2, -0.15) is 0 Å². The number of rotatable bonds is 6. The minimum Gasteiger partial charge on any atom is -0.544 e. The average molecular weight is 299 g/mol. The monoisotopic (exact) mass is 298 g/mol. The van der Waals surface area contributed by atoms with Gasteiger partial charge in [-0.25, -0.2) is 0 Å². The summed E-state index contributed by atoms with van der Waals surface area (Å²) in [4.78, 5) is 0. The molecule has 0 aromatic heterocycles. The quantitative estimate of drug-likeness (QED) is 0.609. The van der Waals surface area contributed by atoms with Crippen LogP contribution in [0, 0.1) is 0 Å². The summed E-state index contributed by atoms with van der Waals surface area (Å²) in [5.74, 6) is 2.16. The number of hydrogen-bond acceptors (Lipinski definition) is 2. The van der Waals surface area contributed by atoms with Crippen molar-refractivity contribution in [3.63, 3.8) is 0 Å². The molecule has 0 bridgehead atoms. The van der Waals surface area contributed by atoms with Crippen LogP contribution in [-0.4, -0.2) is 16.6 Å². The fourth-order valence-corrected chi connectivity index (χ4v) is 3.77. The zero-order valence-electron chi connectivity index (χ0n) is 13.9. The van der Waals surface area contributed by atoms with E-state index in [1.165, 1.54) is 11.1 Å². The summed E-state index contributed by atoms with van der Waals surface area (Å²) in [5, 5.41) is 0. The van der Waals surface area contributed by atoms with E-state index in [9.17, 15) is 0 Å². The third kappa shape index (κ3) is 4.24. The molecular formula is C15H30O2Si2. The van der Waals surface area contributed by atoms with Crippen molar-refractivity contribution in [1.29, 1.82) is 0 Å². The normalized spacial score (nSPS) is 17.3. The van der Waals surface area contributed by atoms with Crippen LogP contribution < -0.4 is 0 Å². The molecule has 0 heterocycles. The van der Waals surface area contributed by atoms with Crippen molar-refractivity contribution in [2.45, 2.75) is 72.4 Å². The molecule has 1 rings (SSSR count). The van der Waals surface area contributed by atoms with Gasteiger partial charge < -0.3 is 8.85 Å². The van der Waals surface area contributed by atoms with Gasteiger partial charge >= 0.3 is 0 Å². The number of hydrogen-bond donors (Lipinski definition) is 0. The fraction of sp³-hybridized carbons (Fsp3) is 0.733. The van der Waals surface area contributed by atoms with E-state index in [-0.39, 0.29) is 0 Å². The zero-order chi connectivity index (χ0) is 14.8. The Morgan fingerprint density at radius 3 is 1.84 bits per heavy atom. The van der Waals surface area contributed by atoms with Crippen LogP contribution in [0.5, 0.6) is 0 Å². The Labute approximate surface area is 121 Å². The average Bonchev–Trinajstić information content (AvgIpc) is 2.56. The Kier molecular flexibility index (Phi) is 5.12. The SMILES string of the molecule is CC[Si](C)(C)OC1=C(O[Si](C)(C)CC)C(C)=C(C)C1. The van der Waals surface area contributed by atoms with Gasteiger partial charge in [0.15, 0.2) is 0 Å². The second-order valence-corrected chi connectivity index (χ2v) is 15.6. The van der Waals surface area contributed by atoms with E-state index in [2.05, 4.69) is 53.9 Å². The largest absolute Gasteiger partial charge is 0.544 e. The van der Waals surface area contributed by atoms with Crippen molar-refractivity contribution in [3.8, 4) is 0 Å². The Bertz CT molecular complexity index is 406. The van der Waals surface area contributed by atoms with Crippen LogP contribution in [-0.2, 0) is 8.85 Å². The lowest BCUT2D eigenvalue weighted by Gasteiger charge is -2.28. The number of allylic oxidation sites excluding steroid dienone is 2. The third-order valence-corrected chi connectivity index (χ3v) is 9.10. The minimum atomic E-state index is -1.60. The van der Waals surface area contributed by atoms with Crippen molar-refractivity contribution in [2.75, 3.05) is 0 Å². The molecule has 2 nitrogen and oxygen atoms in total. The maximum absolute atomic E-state index is 6.39. The lowest BCUT2D eigenvalue weighted by atomic mass is 10.2. The van der Waals surface area contributed by atoms with Gasteiger partial charge in [-0.3, -0.25) is 0 Å². The van der Waals surface area contributed by atoms with Crippen molar-refractivity contribution < 1.29 is 8.85 Å². The molecule has 110 valence electrons. The maximum atomic E-state index is 6.39. The molecule has 1 aliphatic carbocycles. The van der Waals surface area contributed by atoms with E-state index >= 15 is 0 Å². The molecule has 0 atom stereocenters. The highest BCUT2D eigenvalue weighted by atomic mass is 28.4. The van der Waals surface area contributed by atoms with Gasteiger partial charge in [0.05, 0.1) is 0 Å². The summed E-state index contributed by atoms with van der Waals surface area (Å²) < 4.78 is 12.8. The first-order valence-corrected chi connectivity index (χ1v) is 13.6. The predicted octanol–water partition coefficient (Wildman–Crippen LogP) is 5.42. The molecule has 0 fully saturated rings. The van der Waals surface area contributed by atoms with E-state index in [4.69, 9.17) is 8.85 Å². The fourth-order valence-electron chi connectivity index (χ4n) is 1.83. The van der Waals surface area contributed by atoms with E-state index in [1.807, 2.05) is 0 Å². The van der Waals surface area contributed by atoms with Gasteiger partial charge in [-0.05, 0) is 57.7 Å². The Morgan fingerprint density at radius 2 is 1.37 bits per heavy atom. The van der Waals surface area contributed by atoms with Gasteiger partial charge in [0, 0.05) is 6.42 Å². The molecule has 0 N–H and O–H groups in total. The van der Waals surface area contributed by atoms with Gasteiger partial charge in [0.25, 0.3) is 0 Å². The smallest absolute Gasteiger partial charge is 0.245 e. The van der Waals surface area contributed by atoms with Crippen molar-refractivity contribution in [2.24, 2.45) is 0 Å². The van der Waals surface area contributed by atoms with Gasteiger partial charge in [0.1, 0.15) is 11.5 Å². The summed E-state index contributed by atoms with van der Waals surface area (Å²) >= 11 is 0. The third-order valence-electron chi connectivity index (χ3n) is 4.14. The second-order valence-electron chi connectivity index (χ2n) is 6.77. The molecule has 4 heteroatoms. The summed E-state index contributed by atoms with van der Waals surface area (Å²) in [7, 11) is -3.18. The summed E-state index contributed by atoms with van der Waals surface area (Å²) in [5.41, 5.74) is 2.69.